The van der Waals surface area contributed by atoms with Gasteiger partial charge in [-0.05, 0) is 12.1 Å². The summed E-state index contributed by atoms with van der Waals surface area (Å²) in [6.45, 7) is 0. The van der Waals surface area contributed by atoms with Gasteiger partial charge in [-0.15, -0.1) is 0 Å². The summed E-state index contributed by atoms with van der Waals surface area (Å²) in [4.78, 5) is 16.1. The maximum absolute atomic E-state index is 11.6. The number of anilines is 1. The Morgan fingerprint density at radius 3 is 2.71 bits per heavy atom. The SMILES string of the molecule is COC(=O)Nc1c(-c2ccccc2)nc2ccc(Cl)cn12. The molecule has 0 aliphatic rings. The predicted molar refractivity (Wildman–Crippen MR) is 81.7 cm³/mol. The molecule has 1 N–H and O–H groups in total. The number of aromatic nitrogens is 2. The molecule has 106 valence electrons. The number of rotatable bonds is 2. The lowest BCUT2D eigenvalue weighted by Gasteiger charge is -2.06. The average Bonchev–Trinajstić information content (AvgIpc) is 2.86. The molecule has 21 heavy (non-hydrogen) atoms. The Bertz CT molecular complexity index is 799. The van der Waals surface area contributed by atoms with E-state index in [1.54, 1.807) is 22.7 Å². The zero-order chi connectivity index (χ0) is 14.8. The number of carbonyl (C=O) groups excluding carboxylic acids is 1. The second-order valence-corrected chi connectivity index (χ2v) is 4.80. The first-order valence-corrected chi connectivity index (χ1v) is 6.65. The Labute approximate surface area is 126 Å². The van der Waals surface area contributed by atoms with E-state index in [4.69, 9.17) is 11.6 Å². The fourth-order valence-electron chi connectivity index (χ4n) is 2.08. The van der Waals surface area contributed by atoms with Gasteiger partial charge in [0, 0.05) is 11.8 Å². The molecule has 1 aromatic carbocycles. The number of nitrogens with zero attached hydrogens (tertiary/aromatic N) is 2. The van der Waals surface area contributed by atoms with Crippen LogP contribution in [-0.2, 0) is 4.74 Å². The standard InChI is InChI=1S/C15H12ClN3O2/c1-21-15(20)18-14-13(10-5-3-2-4-6-10)17-12-8-7-11(16)9-19(12)14/h2-9H,1H3,(H,18,20). The molecule has 0 aliphatic carbocycles. The Balaban J connectivity index is 2.23. The smallest absolute Gasteiger partial charge is 0.412 e. The number of hydrogen-bond acceptors (Lipinski definition) is 3. The zero-order valence-electron chi connectivity index (χ0n) is 11.2. The molecule has 0 bridgehead atoms. The van der Waals surface area contributed by atoms with Gasteiger partial charge in [-0.25, -0.2) is 9.78 Å². The topological polar surface area (TPSA) is 55.6 Å². The van der Waals surface area contributed by atoms with E-state index in [0.29, 0.717) is 22.2 Å². The molecule has 2 heterocycles. The summed E-state index contributed by atoms with van der Waals surface area (Å²) in [7, 11) is 1.31. The Morgan fingerprint density at radius 2 is 2.00 bits per heavy atom. The van der Waals surface area contributed by atoms with Crippen molar-refractivity contribution in [3.8, 4) is 11.3 Å². The van der Waals surface area contributed by atoms with Crippen molar-refractivity contribution in [1.29, 1.82) is 0 Å². The highest BCUT2D eigenvalue weighted by Crippen LogP contribution is 2.29. The minimum atomic E-state index is -0.561. The lowest BCUT2D eigenvalue weighted by Crippen LogP contribution is -2.13. The molecule has 0 unspecified atom stereocenters. The highest BCUT2D eigenvalue weighted by molar-refractivity contribution is 6.30. The van der Waals surface area contributed by atoms with E-state index in [0.717, 1.165) is 5.56 Å². The molecule has 1 amide bonds. The van der Waals surface area contributed by atoms with Crippen molar-refractivity contribution in [2.75, 3.05) is 12.4 Å². The van der Waals surface area contributed by atoms with E-state index in [9.17, 15) is 4.79 Å². The number of pyridine rings is 1. The summed E-state index contributed by atoms with van der Waals surface area (Å²) in [6, 6.07) is 13.1. The Morgan fingerprint density at radius 1 is 1.24 bits per heavy atom. The number of benzene rings is 1. The van der Waals surface area contributed by atoms with Crippen LogP contribution in [0.2, 0.25) is 5.02 Å². The maximum Gasteiger partial charge on any atom is 0.412 e. The molecule has 2 aromatic heterocycles. The molecule has 0 spiro atoms. The Hall–Kier alpha value is -2.53. The first-order chi connectivity index (χ1) is 10.2. The maximum atomic E-state index is 11.6. The van der Waals surface area contributed by atoms with E-state index in [2.05, 4.69) is 15.0 Å². The van der Waals surface area contributed by atoms with Gasteiger partial charge in [0.1, 0.15) is 17.2 Å². The fraction of sp³-hybridized carbons (Fsp3) is 0.0667. The minimum absolute atomic E-state index is 0.519. The molecule has 0 radical (unpaired) electrons. The molecule has 3 rings (SSSR count). The van der Waals surface area contributed by atoms with Gasteiger partial charge >= 0.3 is 6.09 Å². The van der Waals surface area contributed by atoms with Crippen LogP contribution in [0.25, 0.3) is 16.9 Å². The number of nitrogens with one attached hydrogen (secondary N) is 1. The van der Waals surface area contributed by atoms with Crippen molar-refractivity contribution < 1.29 is 9.53 Å². The zero-order valence-corrected chi connectivity index (χ0v) is 12.0. The van der Waals surface area contributed by atoms with Gasteiger partial charge in [0.2, 0.25) is 0 Å². The molecular weight excluding hydrogens is 290 g/mol. The highest BCUT2D eigenvalue weighted by atomic mass is 35.5. The summed E-state index contributed by atoms with van der Waals surface area (Å²) in [5, 5.41) is 3.24. The number of fused-ring (bicyclic) bond motifs is 1. The summed E-state index contributed by atoms with van der Waals surface area (Å²) in [5.74, 6) is 0.519. The van der Waals surface area contributed by atoms with Gasteiger partial charge < -0.3 is 4.74 Å². The average molecular weight is 302 g/mol. The van der Waals surface area contributed by atoms with Crippen LogP contribution in [0.4, 0.5) is 10.6 Å². The van der Waals surface area contributed by atoms with E-state index in [1.165, 1.54) is 7.11 Å². The third-order valence-electron chi connectivity index (χ3n) is 3.04. The Kier molecular flexibility index (Phi) is 3.50. The van der Waals surface area contributed by atoms with Crippen molar-refractivity contribution in [2.45, 2.75) is 0 Å². The first-order valence-electron chi connectivity index (χ1n) is 6.27. The summed E-state index contributed by atoms with van der Waals surface area (Å²) in [5.41, 5.74) is 2.23. The molecular formula is C15H12ClN3O2. The molecule has 0 atom stereocenters. The monoisotopic (exact) mass is 301 g/mol. The van der Waals surface area contributed by atoms with Gasteiger partial charge in [-0.2, -0.15) is 0 Å². The molecule has 0 saturated carbocycles. The van der Waals surface area contributed by atoms with Crippen LogP contribution in [-0.4, -0.2) is 22.6 Å². The van der Waals surface area contributed by atoms with E-state index < -0.39 is 6.09 Å². The first kappa shape index (κ1) is 13.5. The number of imidazole rings is 1. The molecule has 0 fully saturated rings. The summed E-state index contributed by atoms with van der Waals surface area (Å²) >= 11 is 6.02. The van der Waals surface area contributed by atoms with E-state index in [-0.39, 0.29) is 0 Å². The van der Waals surface area contributed by atoms with Crippen LogP contribution < -0.4 is 5.32 Å². The highest BCUT2D eigenvalue weighted by Gasteiger charge is 2.16. The summed E-state index contributed by atoms with van der Waals surface area (Å²) in [6.07, 6.45) is 1.13. The fourth-order valence-corrected chi connectivity index (χ4v) is 2.24. The number of methoxy groups -OCH3 is 1. The van der Waals surface area contributed by atoms with Gasteiger partial charge in [0.25, 0.3) is 0 Å². The number of halogens is 1. The van der Waals surface area contributed by atoms with E-state index in [1.807, 2.05) is 30.3 Å². The van der Waals surface area contributed by atoms with Crippen LogP contribution in [0.1, 0.15) is 0 Å². The van der Waals surface area contributed by atoms with Crippen LogP contribution >= 0.6 is 11.6 Å². The second kappa shape index (κ2) is 5.46. The number of carbonyl (C=O) groups is 1. The van der Waals surface area contributed by atoms with Gasteiger partial charge in [-0.3, -0.25) is 9.72 Å². The summed E-state index contributed by atoms with van der Waals surface area (Å²) < 4.78 is 6.39. The predicted octanol–water partition coefficient (Wildman–Crippen LogP) is 3.83. The lowest BCUT2D eigenvalue weighted by atomic mass is 10.1. The van der Waals surface area contributed by atoms with Gasteiger partial charge in [0.15, 0.2) is 0 Å². The second-order valence-electron chi connectivity index (χ2n) is 4.37. The third-order valence-corrected chi connectivity index (χ3v) is 3.26. The molecule has 6 heteroatoms. The molecule has 5 nitrogen and oxygen atoms in total. The minimum Gasteiger partial charge on any atom is -0.453 e. The molecule has 0 aliphatic heterocycles. The van der Waals surface area contributed by atoms with Crippen LogP contribution in [0, 0.1) is 0 Å². The molecule has 3 aromatic rings. The molecule has 0 saturated heterocycles. The van der Waals surface area contributed by atoms with Crippen molar-refractivity contribution in [3.05, 3.63) is 53.7 Å². The van der Waals surface area contributed by atoms with Crippen molar-refractivity contribution in [3.63, 3.8) is 0 Å². The third kappa shape index (κ3) is 2.55. The van der Waals surface area contributed by atoms with Crippen molar-refractivity contribution >= 4 is 29.2 Å². The number of hydrogen-bond donors (Lipinski definition) is 1. The normalized spacial score (nSPS) is 10.6. The largest absolute Gasteiger partial charge is 0.453 e. The van der Waals surface area contributed by atoms with Crippen LogP contribution in [0.3, 0.4) is 0 Å². The van der Waals surface area contributed by atoms with Crippen LogP contribution in [0.15, 0.2) is 48.7 Å². The lowest BCUT2D eigenvalue weighted by molar-refractivity contribution is 0.187. The van der Waals surface area contributed by atoms with E-state index >= 15 is 0 Å². The quantitative estimate of drug-likeness (QED) is 0.782. The number of ether oxygens (including phenoxy) is 1. The number of amides is 1. The van der Waals surface area contributed by atoms with Crippen LogP contribution in [0.5, 0.6) is 0 Å². The van der Waals surface area contributed by atoms with Gasteiger partial charge in [0.05, 0.1) is 12.1 Å². The van der Waals surface area contributed by atoms with Crippen molar-refractivity contribution in [1.82, 2.24) is 9.38 Å². The van der Waals surface area contributed by atoms with Crippen molar-refractivity contribution in [2.24, 2.45) is 0 Å². The van der Waals surface area contributed by atoms with Gasteiger partial charge in [-0.1, -0.05) is 41.9 Å².